The summed E-state index contributed by atoms with van der Waals surface area (Å²) in [5.74, 6) is 2.01. The zero-order valence-electron chi connectivity index (χ0n) is 29.9. The van der Waals surface area contributed by atoms with Crippen LogP contribution in [0.25, 0.3) is 11.1 Å². The quantitative estimate of drug-likeness (QED) is 0.105. The average Bonchev–Trinajstić information content (AvgIpc) is 3.77. The van der Waals surface area contributed by atoms with Crippen molar-refractivity contribution in [1.82, 2.24) is 25.0 Å². The lowest BCUT2D eigenvalue weighted by atomic mass is 9.93. The van der Waals surface area contributed by atoms with E-state index in [-0.39, 0.29) is 12.7 Å². The van der Waals surface area contributed by atoms with Gasteiger partial charge in [-0.3, -0.25) is 9.67 Å². The molecule has 10 nitrogen and oxygen atoms in total. The third-order valence-corrected chi connectivity index (χ3v) is 9.80. The lowest BCUT2D eigenvalue weighted by Gasteiger charge is -2.19. The van der Waals surface area contributed by atoms with Gasteiger partial charge in [0, 0.05) is 75.6 Å². The molecule has 0 bridgehead atoms. The fourth-order valence-electron chi connectivity index (χ4n) is 6.48. The molecule has 1 saturated heterocycles. The SMILES string of the molecule is Cc1c(COc2cc(OCc3cncc(C#N)c3)c(CNCc3ccnn3C)cc2Cl)cccc1-c1cccc(OCCCN2CCC(O)C2)c1C. The Morgan fingerprint density at radius 3 is 2.50 bits per heavy atom. The van der Waals surface area contributed by atoms with E-state index in [2.05, 4.69) is 64.5 Å². The molecule has 0 spiro atoms. The summed E-state index contributed by atoms with van der Waals surface area (Å²) < 4.78 is 20.8. The molecule has 6 rings (SSSR count). The van der Waals surface area contributed by atoms with Gasteiger partial charge in [0.1, 0.15) is 36.5 Å². The van der Waals surface area contributed by atoms with E-state index in [0.717, 1.165) is 82.9 Å². The maximum atomic E-state index is 9.80. The number of pyridine rings is 1. The van der Waals surface area contributed by atoms with Gasteiger partial charge in [0.25, 0.3) is 0 Å². The monoisotopic (exact) mass is 720 g/mol. The Morgan fingerprint density at radius 2 is 1.73 bits per heavy atom. The molecule has 3 heterocycles. The van der Waals surface area contributed by atoms with Crippen LogP contribution in [0.4, 0.5) is 0 Å². The number of β-amino-alcohol motifs (C(OH)–C–C–N with tert-alkyl or cyclic N) is 1. The van der Waals surface area contributed by atoms with E-state index in [4.69, 9.17) is 25.8 Å². The van der Waals surface area contributed by atoms with Crippen molar-refractivity contribution in [2.75, 3.05) is 26.2 Å². The highest BCUT2D eigenvalue weighted by Gasteiger charge is 2.20. The maximum absolute atomic E-state index is 9.80. The number of nitrogens with zero attached hydrogens (tertiary/aromatic N) is 5. The van der Waals surface area contributed by atoms with E-state index in [1.807, 2.05) is 42.1 Å². The second-order valence-electron chi connectivity index (χ2n) is 13.2. The fraction of sp³-hybridized carbons (Fsp3) is 0.341. The van der Waals surface area contributed by atoms with Crippen LogP contribution in [0.3, 0.4) is 0 Å². The zero-order valence-corrected chi connectivity index (χ0v) is 30.7. The summed E-state index contributed by atoms with van der Waals surface area (Å²) >= 11 is 6.83. The van der Waals surface area contributed by atoms with Crippen LogP contribution in [0.15, 0.2) is 79.3 Å². The molecule has 0 radical (unpaired) electrons. The molecule has 2 N–H and O–H groups in total. The summed E-state index contributed by atoms with van der Waals surface area (Å²) in [4.78, 5) is 6.46. The maximum Gasteiger partial charge on any atom is 0.142 e. The van der Waals surface area contributed by atoms with Crippen LogP contribution in [0.2, 0.25) is 5.02 Å². The molecule has 1 aliphatic heterocycles. The Balaban J connectivity index is 1.15. The number of hydrogen-bond acceptors (Lipinski definition) is 9. The fourth-order valence-corrected chi connectivity index (χ4v) is 6.72. The Labute approximate surface area is 310 Å². The number of nitrogens with one attached hydrogen (secondary N) is 1. The molecule has 0 aliphatic carbocycles. The minimum atomic E-state index is -0.201. The summed E-state index contributed by atoms with van der Waals surface area (Å²) in [6.07, 6.45) is 6.55. The van der Waals surface area contributed by atoms with Crippen LogP contribution in [0.1, 0.15) is 51.9 Å². The highest BCUT2D eigenvalue weighted by Crippen LogP contribution is 2.36. The van der Waals surface area contributed by atoms with Crippen molar-refractivity contribution < 1.29 is 19.3 Å². The molecule has 11 heteroatoms. The van der Waals surface area contributed by atoms with Crippen molar-refractivity contribution in [2.24, 2.45) is 7.05 Å². The van der Waals surface area contributed by atoms with E-state index in [1.54, 1.807) is 18.5 Å². The lowest BCUT2D eigenvalue weighted by Crippen LogP contribution is -2.24. The van der Waals surface area contributed by atoms with Gasteiger partial charge in [0.2, 0.25) is 0 Å². The number of nitriles is 1. The second-order valence-corrected chi connectivity index (χ2v) is 13.6. The van der Waals surface area contributed by atoms with Crippen LogP contribution < -0.4 is 19.5 Å². The van der Waals surface area contributed by atoms with Crippen molar-refractivity contribution >= 4 is 11.6 Å². The second kappa shape index (κ2) is 17.5. The lowest BCUT2D eigenvalue weighted by molar-refractivity contribution is 0.173. The molecule has 52 heavy (non-hydrogen) atoms. The van der Waals surface area contributed by atoms with Crippen LogP contribution in [-0.2, 0) is 33.4 Å². The third-order valence-electron chi connectivity index (χ3n) is 9.50. The van der Waals surface area contributed by atoms with Crippen molar-refractivity contribution in [3.63, 3.8) is 0 Å². The first kappa shape index (κ1) is 36.9. The van der Waals surface area contributed by atoms with Crippen LogP contribution in [-0.4, -0.2) is 57.1 Å². The van der Waals surface area contributed by atoms with E-state index in [1.165, 1.54) is 6.20 Å². The number of ether oxygens (including phenoxy) is 3. The molecule has 1 atom stereocenters. The number of likely N-dealkylation sites (tertiary alicyclic amines) is 1. The largest absolute Gasteiger partial charge is 0.493 e. The molecule has 1 unspecified atom stereocenters. The molecule has 1 aliphatic rings. The zero-order chi connectivity index (χ0) is 36.5. The summed E-state index contributed by atoms with van der Waals surface area (Å²) in [6, 6.07) is 22.0. The number of benzene rings is 3. The number of hydrogen-bond donors (Lipinski definition) is 2. The summed E-state index contributed by atoms with van der Waals surface area (Å²) in [5, 5.41) is 27.3. The Bertz CT molecular complexity index is 2030. The predicted molar refractivity (Wildman–Crippen MR) is 201 cm³/mol. The van der Waals surface area contributed by atoms with Gasteiger partial charge in [0.15, 0.2) is 0 Å². The van der Waals surface area contributed by atoms with Gasteiger partial charge in [-0.1, -0.05) is 41.9 Å². The van der Waals surface area contributed by atoms with Gasteiger partial charge in [-0.2, -0.15) is 10.4 Å². The third kappa shape index (κ3) is 9.29. The summed E-state index contributed by atoms with van der Waals surface area (Å²) in [6.45, 7) is 9.12. The average molecular weight is 721 g/mol. The summed E-state index contributed by atoms with van der Waals surface area (Å²) in [7, 11) is 1.91. The molecule has 0 saturated carbocycles. The van der Waals surface area contributed by atoms with Gasteiger partial charge >= 0.3 is 0 Å². The number of aryl methyl sites for hydroxylation is 1. The summed E-state index contributed by atoms with van der Waals surface area (Å²) in [5.41, 5.74) is 8.66. The van der Waals surface area contributed by atoms with Gasteiger partial charge in [-0.15, -0.1) is 0 Å². The van der Waals surface area contributed by atoms with E-state index >= 15 is 0 Å². The van der Waals surface area contributed by atoms with Gasteiger partial charge in [0.05, 0.1) is 29.0 Å². The molecule has 2 aromatic heterocycles. The standard InChI is InChI=1S/C41H45ClN6O4/c1-28-32(7-4-8-36(28)37-9-5-10-39(29(37)2)50-16-6-14-48-15-12-35(49)25-48)27-52-41-19-40(51-26-31-17-30(20-43)21-44-22-31)33(18-38(41)42)23-45-24-34-11-13-46-47(34)3/h4-5,7-11,13,17-19,21-22,35,45,49H,6,12,14-16,23-27H2,1-3H3. The van der Waals surface area contributed by atoms with Crippen molar-refractivity contribution in [2.45, 2.75) is 59.1 Å². The topological polar surface area (TPSA) is 118 Å². The van der Waals surface area contributed by atoms with Crippen molar-refractivity contribution in [3.05, 3.63) is 123 Å². The number of aliphatic hydroxyl groups is 1. The Morgan fingerprint density at radius 1 is 0.923 bits per heavy atom. The molecular formula is C41H45ClN6O4. The van der Waals surface area contributed by atoms with E-state index < -0.39 is 0 Å². The molecule has 3 aromatic carbocycles. The van der Waals surface area contributed by atoms with E-state index in [9.17, 15) is 10.4 Å². The highest BCUT2D eigenvalue weighted by molar-refractivity contribution is 6.32. The van der Waals surface area contributed by atoms with Gasteiger partial charge in [-0.25, -0.2) is 0 Å². The first-order valence-electron chi connectivity index (χ1n) is 17.6. The van der Waals surface area contributed by atoms with Crippen LogP contribution >= 0.6 is 11.6 Å². The number of halogens is 1. The minimum Gasteiger partial charge on any atom is -0.493 e. The van der Waals surface area contributed by atoms with Crippen LogP contribution in [0.5, 0.6) is 17.2 Å². The normalized spacial score (nSPS) is 14.3. The number of aromatic nitrogens is 3. The van der Waals surface area contributed by atoms with E-state index in [0.29, 0.717) is 48.4 Å². The van der Waals surface area contributed by atoms with Crippen molar-refractivity contribution in [3.8, 4) is 34.4 Å². The molecule has 5 aromatic rings. The smallest absolute Gasteiger partial charge is 0.142 e. The first-order chi connectivity index (χ1) is 25.3. The number of aliphatic hydroxyl groups excluding tert-OH is 1. The minimum absolute atomic E-state index is 0.201. The predicted octanol–water partition coefficient (Wildman–Crippen LogP) is 6.91. The van der Waals surface area contributed by atoms with Crippen LogP contribution in [0, 0.1) is 25.2 Å². The molecular weight excluding hydrogens is 676 g/mol. The molecule has 270 valence electrons. The highest BCUT2D eigenvalue weighted by atomic mass is 35.5. The Kier molecular flexibility index (Phi) is 12.4. The van der Waals surface area contributed by atoms with Gasteiger partial charge < -0.3 is 29.5 Å². The molecule has 0 amide bonds. The van der Waals surface area contributed by atoms with Crippen molar-refractivity contribution in [1.29, 1.82) is 5.26 Å². The van der Waals surface area contributed by atoms with Gasteiger partial charge in [-0.05, 0) is 78.8 Å². The first-order valence-corrected chi connectivity index (χ1v) is 18.0. The molecule has 1 fully saturated rings. The number of rotatable bonds is 16. The Hall–Kier alpha value is -4.92.